The molecule has 0 bridgehead atoms. The summed E-state index contributed by atoms with van der Waals surface area (Å²) >= 11 is 0. The van der Waals surface area contributed by atoms with Gasteiger partial charge in [0.1, 0.15) is 5.75 Å². The minimum Gasteiger partial charge on any atom is -0.497 e. The number of carbonyl (C=O) groups is 1. The Balaban J connectivity index is 1.80. The number of nitrogens with one attached hydrogen (secondary N) is 1. The first-order chi connectivity index (χ1) is 13.1. The van der Waals surface area contributed by atoms with E-state index in [0.29, 0.717) is 17.2 Å². The van der Waals surface area contributed by atoms with E-state index in [4.69, 9.17) is 9.26 Å². The van der Waals surface area contributed by atoms with Gasteiger partial charge in [0.15, 0.2) is 17.1 Å². The van der Waals surface area contributed by atoms with Crippen molar-refractivity contribution in [2.75, 3.05) is 19.0 Å². The fourth-order valence-corrected chi connectivity index (χ4v) is 3.72. The van der Waals surface area contributed by atoms with E-state index < -0.39 is 5.97 Å². The molecule has 7 nitrogen and oxygen atoms in total. The van der Waals surface area contributed by atoms with Crippen LogP contribution in [0.3, 0.4) is 0 Å². The Labute approximate surface area is 158 Å². The number of nitrogens with zero attached hydrogens (tertiary/aromatic N) is 1. The lowest BCUT2D eigenvalue weighted by molar-refractivity contribution is 0.0698. The maximum Gasteiger partial charge on any atom is 0.343 e. The summed E-state index contributed by atoms with van der Waals surface area (Å²) in [5, 5.41) is 26.4. The maximum atomic E-state index is 11.8. The fourth-order valence-electron chi connectivity index (χ4n) is 3.72. The minimum atomic E-state index is -1.13. The zero-order valence-electron chi connectivity index (χ0n) is 15.5. The Morgan fingerprint density at radius 2 is 2.00 bits per heavy atom. The van der Waals surface area contributed by atoms with Gasteiger partial charge in [0, 0.05) is 5.56 Å². The van der Waals surface area contributed by atoms with Crippen LogP contribution in [0.4, 0.5) is 5.82 Å². The van der Waals surface area contributed by atoms with Gasteiger partial charge in [0.05, 0.1) is 19.8 Å². The summed E-state index contributed by atoms with van der Waals surface area (Å²) < 4.78 is 10.5. The highest BCUT2D eigenvalue weighted by Gasteiger charge is 2.26. The zero-order chi connectivity index (χ0) is 19.2. The van der Waals surface area contributed by atoms with Crippen LogP contribution in [0.15, 0.2) is 28.8 Å². The first-order valence-corrected chi connectivity index (χ1v) is 9.37. The lowest BCUT2D eigenvalue weighted by Gasteiger charge is -2.26. The van der Waals surface area contributed by atoms with Crippen LogP contribution < -0.4 is 10.1 Å². The SMILES string of the molecule is COc1ccc(-c2onc(N[C@H](CO)CC3CCCCC3)c2C(=O)O)cc1. The van der Waals surface area contributed by atoms with Crippen LogP contribution in [-0.2, 0) is 0 Å². The second-order valence-corrected chi connectivity index (χ2v) is 7.03. The molecule has 7 heteroatoms. The number of methoxy groups -OCH3 is 1. The molecule has 1 aliphatic carbocycles. The van der Waals surface area contributed by atoms with Gasteiger partial charge in [-0.25, -0.2) is 4.79 Å². The van der Waals surface area contributed by atoms with Crippen LogP contribution in [-0.4, -0.2) is 41.1 Å². The molecule has 3 N–H and O–H groups in total. The number of hydrogen-bond donors (Lipinski definition) is 3. The number of hydrogen-bond acceptors (Lipinski definition) is 6. The van der Waals surface area contributed by atoms with Crippen LogP contribution in [0.5, 0.6) is 5.75 Å². The van der Waals surface area contributed by atoms with Gasteiger partial charge in [-0.1, -0.05) is 37.3 Å². The molecule has 0 saturated heterocycles. The summed E-state index contributed by atoms with van der Waals surface area (Å²) in [7, 11) is 1.56. The van der Waals surface area contributed by atoms with Crippen molar-refractivity contribution in [2.24, 2.45) is 5.92 Å². The zero-order valence-corrected chi connectivity index (χ0v) is 15.5. The minimum absolute atomic E-state index is 0.0257. The first-order valence-electron chi connectivity index (χ1n) is 9.37. The summed E-state index contributed by atoms with van der Waals surface area (Å²) in [6, 6.07) is 6.66. The van der Waals surface area contributed by atoms with Crippen LogP contribution in [0.2, 0.25) is 0 Å². The molecule has 146 valence electrons. The number of aliphatic hydroxyl groups excluding tert-OH is 1. The molecule has 1 heterocycles. The highest BCUT2D eigenvalue weighted by Crippen LogP contribution is 2.32. The number of anilines is 1. The van der Waals surface area contributed by atoms with E-state index in [1.165, 1.54) is 19.3 Å². The maximum absolute atomic E-state index is 11.8. The average molecular weight is 374 g/mol. The summed E-state index contributed by atoms with van der Waals surface area (Å²) in [5.74, 6) is 0.426. The highest BCUT2D eigenvalue weighted by molar-refractivity contribution is 5.99. The largest absolute Gasteiger partial charge is 0.497 e. The summed E-state index contributed by atoms with van der Waals surface area (Å²) in [5.41, 5.74) is 0.573. The monoisotopic (exact) mass is 374 g/mol. The van der Waals surface area contributed by atoms with Gasteiger partial charge in [-0.15, -0.1) is 0 Å². The quantitative estimate of drug-likeness (QED) is 0.645. The van der Waals surface area contributed by atoms with Crippen molar-refractivity contribution in [1.82, 2.24) is 5.16 Å². The third kappa shape index (κ3) is 4.60. The van der Waals surface area contributed by atoms with Crippen LogP contribution >= 0.6 is 0 Å². The molecular formula is C20H26N2O5. The molecule has 0 amide bonds. The first kappa shape index (κ1) is 19.2. The molecule has 0 aliphatic heterocycles. The van der Waals surface area contributed by atoms with Crippen LogP contribution in [0, 0.1) is 5.92 Å². The van der Waals surface area contributed by atoms with E-state index >= 15 is 0 Å². The summed E-state index contributed by atoms with van der Waals surface area (Å²) in [6.45, 7) is -0.0830. The van der Waals surface area contributed by atoms with Gasteiger partial charge in [-0.2, -0.15) is 0 Å². The second kappa shape index (κ2) is 8.90. The summed E-state index contributed by atoms with van der Waals surface area (Å²) in [6.07, 6.45) is 6.80. The Bertz CT molecular complexity index is 750. The molecule has 1 atom stereocenters. The molecule has 3 rings (SSSR count). The number of carboxylic acid groups (broad SMARTS) is 1. The average Bonchev–Trinajstić information content (AvgIpc) is 3.12. The van der Waals surface area contributed by atoms with Gasteiger partial charge in [0.25, 0.3) is 0 Å². The molecule has 0 radical (unpaired) electrons. The predicted octanol–water partition coefficient (Wildman–Crippen LogP) is 3.79. The highest BCUT2D eigenvalue weighted by atomic mass is 16.5. The predicted molar refractivity (Wildman–Crippen MR) is 101 cm³/mol. The van der Waals surface area contributed by atoms with Crippen molar-refractivity contribution in [3.8, 4) is 17.1 Å². The van der Waals surface area contributed by atoms with Gasteiger partial charge in [-0.3, -0.25) is 0 Å². The van der Waals surface area contributed by atoms with Gasteiger partial charge >= 0.3 is 5.97 Å². The van der Waals surface area contributed by atoms with E-state index in [0.717, 1.165) is 19.3 Å². The number of benzene rings is 1. The molecule has 1 aliphatic rings. The number of rotatable bonds is 8. The lowest BCUT2D eigenvalue weighted by Crippen LogP contribution is -2.28. The third-order valence-corrected chi connectivity index (χ3v) is 5.16. The molecule has 0 spiro atoms. The molecule has 0 unspecified atom stereocenters. The van der Waals surface area contributed by atoms with E-state index in [-0.39, 0.29) is 29.8 Å². The number of aromatic nitrogens is 1. The van der Waals surface area contributed by atoms with Gasteiger partial charge < -0.3 is 24.8 Å². The van der Waals surface area contributed by atoms with E-state index in [2.05, 4.69) is 10.5 Å². The van der Waals surface area contributed by atoms with Gasteiger partial charge in [0.2, 0.25) is 0 Å². The number of aromatic carboxylic acids is 1. The van der Waals surface area contributed by atoms with E-state index in [1.54, 1.807) is 31.4 Å². The standard InChI is InChI=1S/C20H26N2O5/c1-26-16-9-7-14(8-10-16)18-17(20(24)25)19(22-27-18)21-15(12-23)11-13-5-3-2-4-6-13/h7-10,13,15,23H,2-6,11-12H2,1H3,(H,21,22)(H,24,25)/t15-/m0/s1. The number of carboxylic acids is 1. The van der Waals surface area contributed by atoms with Crippen LogP contribution in [0.1, 0.15) is 48.9 Å². The molecular weight excluding hydrogens is 348 g/mol. The van der Waals surface area contributed by atoms with Crippen LogP contribution in [0.25, 0.3) is 11.3 Å². The lowest BCUT2D eigenvalue weighted by atomic mass is 9.85. The number of aliphatic hydroxyl groups is 1. The Morgan fingerprint density at radius 1 is 1.30 bits per heavy atom. The van der Waals surface area contributed by atoms with Crippen molar-refractivity contribution in [3.05, 3.63) is 29.8 Å². The van der Waals surface area contributed by atoms with E-state index in [9.17, 15) is 15.0 Å². The summed E-state index contributed by atoms with van der Waals surface area (Å²) in [4.78, 5) is 11.8. The van der Waals surface area contributed by atoms with Crippen molar-refractivity contribution in [3.63, 3.8) is 0 Å². The topological polar surface area (TPSA) is 105 Å². The smallest absolute Gasteiger partial charge is 0.343 e. The van der Waals surface area contributed by atoms with Gasteiger partial charge in [-0.05, 0) is 36.6 Å². The molecule has 1 aromatic carbocycles. The normalized spacial score (nSPS) is 16.1. The molecule has 2 aromatic rings. The van der Waals surface area contributed by atoms with Crippen molar-refractivity contribution in [1.29, 1.82) is 0 Å². The third-order valence-electron chi connectivity index (χ3n) is 5.16. The fraction of sp³-hybridized carbons (Fsp3) is 0.500. The Hall–Kier alpha value is -2.54. The van der Waals surface area contributed by atoms with Crippen molar-refractivity contribution in [2.45, 2.75) is 44.6 Å². The molecule has 27 heavy (non-hydrogen) atoms. The Kier molecular flexibility index (Phi) is 6.34. The molecule has 1 fully saturated rings. The molecule has 1 saturated carbocycles. The van der Waals surface area contributed by atoms with Crippen molar-refractivity contribution < 1.29 is 24.3 Å². The van der Waals surface area contributed by atoms with E-state index in [1.807, 2.05) is 0 Å². The Morgan fingerprint density at radius 3 is 2.59 bits per heavy atom. The number of ether oxygens (including phenoxy) is 1. The molecule has 1 aromatic heterocycles. The van der Waals surface area contributed by atoms with Crippen molar-refractivity contribution >= 4 is 11.8 Å². The second-order valence-electron chi connectivity index (χ2n) is 7.03.